The third-order valence-electron chi connectivity index (χ3n) is 7.00. The number of phenolic OH excluding ortho intramolecular Hbond substituents is 1. The van der Waals surface area contributed by atoms with E-state index in [1.54, 1.807) is 20.2 Å². The van der Waals surface area contributed by atoms with E-state index in [4.69, 9.17) is 10.5 Å². The highest BCUT2D eigenvalue weighted by atomic mass is 16.5. The summed E-state index contributed by atoms with van der Waals surface area (Å²) >= 11 is 0. The van der Waals surface area contributed by atoms with Crippen LogP contribution in [0.15, 0.2) is 29.0 Å². The second-order valence-electron chi connectivity index (χ2n) is 8.99. The molecule has 1 saturated carbocycles. The number of aromatic hydroxyl groups is 1. The molecule has 0 heterocycles. The molecule has 0 aromatic heterocycles. The number of ether oxygens (including phenoxy) is 1. The van der Waals surface area contributed by atoms with Gasteiger partial charge in [0.1, 0.15) is 22.8 Å². The van der Waals surface area contributed by atoms with Gasteiger partial charge in [-0.1, -0.05) is 6.07 Å². The van der Waals surface area contributed by atoms with Gasteiger partial charge in [0.25, 0.3) is 5.91 Å². The van der Waals surface area contributed by atoms with Gasteiger partial charge < -0.3 is 30.9 Å². The largest absolute Gasteiger partial charge is 0.508 e. The van der Waals surface area contributed by atoms with Crippen molar-refractivity contribution in [1.82, 2.24) is 4.90 Å². The zero-order chi connectivity index (χ0) is 24.4. The molecule has 0 bridgehead atoms. The van der Waals surface area contributed by atoms with Crippen LogP contribution >= 0.6 is 0 Å². The van der Waals surface area contributed by atoms with Gasteiger partial charge in [-0.05, 0) is 50.0 Å². The summed E-state index contributed by atoms with van der Waals surface area (Å²) in [7, 11) is 4.62. The van der Waals surface area contributed by atoms with Crippen LogP contribution in [0.5, 0.6) is 5.75 Å². The minimum Gasteiger partial charge on any atom is -0.508 e. The Balaban J connectivity index is 1.97. The number of ketones is 2. The van der Waals surface area contributed by atoms with E-state index in [-0.39, 0.29) is 36.3 Å². The number of nitrogens with zero attached hydrogens (tertiary/aromatic N) is 1. The van der Waals surface area contributed by atoms with Crippen LogP contribution in [0.4, 0.5) is 0 Å². The molecule has 3 aliphatic rings. The van der Waals surface area contributed by atoms with Crippen LogP contribution in [0.25, 0.3) is 5.76 Å². The van der Waals surface area contributed by atoms with E-state index in [0.717, 1.165) is 0 Å². The maximum absolute atomic E-state index is 13.7. The summed E-state index contributed by atoms with van der Waals surface area (Å²) in [5.74, 6) is -6.64. The van der Waals surface area contributed by atoms with Crippen LogP contribution < -0.4 is 5.73 Å². The van der Waals surface area contributed by atoms with Gasteiger partial charge in [0.2, 0.25) is 5.78 Å². The number of rotatable bonds is 4. The van der Waals surface area contributed by atoms with Crippen LogP contribution in [0.3, 0.4) is 0 Å². The molecular weight excluding hydrogens is 432 g/mol. The molecule has 1 amide bonds. The van der Waals surface area contributed by atoms with Crippen LogP contribution in [-0.2, 0) is 32.1 Å². The maximum Gasteiger partial charge on any atom is 0.255 e. The topological polar surface area (TPSA) is 171 Å². The second-order valence-corrected chi connectivity index (χ2v) is 8.99. The van der Waals surface area contributed by atoms with Gasteiger partial charge in [0.05, 0.1) is 18.2 Å². The number of phenols is 1. The van der Waals surface area contributed by atoms with Gasteiger partial charge in [0, 0.05) is 18.6 Å². The predicted octanol–water partition coefficient (Wildman–Crippen LogP) is 0.110. The van der Waals surface area contributed by atoms with Crippen LogP contribution in [0, 0.1) is 11.8 Å². The number of carbonyl (C=O) groups is 3. The lowest BCUT2D eigenvalue weighted by atomic mass is 9.57. The predicted molar refractivity (Wildman–Crippen MR) is 115 cm³/mol. The first-order chi connectivity index (χ1) is 15.5. The molecule has 1 aromatic carbocycles. The third kappa shape index (κ3) is 3.01. The monoisotopic (exact) mass is 458 g/mol. The number of hydrogen-bond donors (Lipinski definition) is 5. The van der Waals surface area contributed by atoms with Crippen molar-refractivity contribution in [3.63, 3.8) is 0 Å². The Labute approximate surface area is 189 Å². The van der Waals surface area contributed by atoms with Crippen molar-refractivity contribution in [2.75, 3.05) is 21.2 Å². The van der Waals surface area contributed by atoms with Crippen molar-refractivity contribution in [2.45, 2.75) is 31.1 Å². The Morgan fingerprint density at radius 3 is 2.48 bits per heavy atom. The lowest BCUT2D eigenvalue weighted by Gasteiger charge is -2.50. The molecule has 6 N–H and O–H groups in total. The summed E-state index contributed by atoms with van der Waals surface area (Å²) in [5, 5.41) is 43.8. The van der Waals surface area contributed by atoms with Crippen LogP contribution in [0.1, 0.15) is 23.1 Å². The molecule has 1 aromatic rings. The maximum atomic E-state index is 13.7. The Morgan fingerprint density at radius 2 is 1.91 bits per heavy atom. The number of Topliss-reactive ketones (excluding diaryl/α,β-unsaturated/α-hetero) is 2. The van der Waals surface area contributed by atoms with E-state index in [1.165, 1.54) is 18.1 Å². The SMILES string of the molecule is COCc1ccc(O)c2c1C[C@H]1C[C@H]3[C@@H](N(C)C)C(=O)C(C(N)=O)=C(O)[C@@]3(O)C(=O)C1=C2O. The Hall–Kier alpha value is -3.21. The Bertz CT molecular complexity index is 1150. The van der Waals surface area contributed by atoms with Gasteiger partial charge in [-0.15, -0.1) is 0 Å². The Kier molecular flexibility index (Phi) is 5.35. The normalized spacial score (nSPS) is 29.2. The number of nitrogens with two attached hydrogens (primary N) is 1. The number of likely N-dealkylation sites (N-methyl/N-ethyl adjacent to an activating group) is 1. The van der Waals surface area contributed by atoms with Gasteiger partial charge in [0.15, 0.2) is 11.4 Å². The third-order valence-corrected chi connectivity index (χ3v) is 7.00. The quantitative estimate of drug-likeness (QED) is 0.393. The van der Waals surface area contributed by atoms with Gasteiger partial charge in [-0.3, -0.25) is 19.3 Å². The van der Waals surface area contributed by atoms with Crippen molar-refractivity contribution >= 4 is 23.2 Å². The summed E-state index contributed by atoms with van der Waals surface area (Å²) in [6.45, 7) is 0.212. The summed E-state index contributed by atoms with van der Waals surface area (Å²) < 4.78 is 5.22. The van der Waals surface area contributed by atoms with Crippen LogP contribution in [0.2, 0.25) is 0 Å². The van der Waals surface area contributed by atoms with E-state index in [0.29, 0.717) is 11.1 Å². The molecule has 4 atom stereocenters. The van der Waals surface area contributed by atoms with E-state index < -0.39 is 58.0 Å². The average Bonchev–Trinajstić information content (AvgIpc) is 2.72. The molecule has 0 spiro atoms. The molecule has 0 aliphatic heterocycles. The number of hydrogen-bond acceptors (Lipinski definition) is 9. The van der Waals surface area contributed by atoms with Gasteiger partial charge in [-0.25, -0.2) is 0 Å². The number of fused-ring (bicyclic) bond motifs is 3. The minimum absolute atomic E-state index is 0.0494. The fraction of sp³-hybridized carbons (Fsp3) is 0.435. The number of methoxy groups -OCH3 is 1. The number of carbonyl (C=O) groups excluding carboxylic acids is 3. The highest BCUT2D eigenvalue weighted by Gasteiger charge is 2.64. The molecule has 0 radical (unpaired) electrons. The summed E-state index contributed by atoms with van der Waals surface area (Å²) in [6, 6.07) is 1.93. The first-order valence-electron chi connectivity index (χ1n) is 10.4. The Morgan fingerprint density at radius 1 is 1.24 bits per heavy atom. The van der Waals surface area contributed by atoms with Gasteiger partial charge in [-0.2, -0.15) is 0 Å². The molecule has 33 heavy (non-hydrogen) atoms. The zero-order valence-electron chi connectivity index (χ0n) is 18.5. The number of primary amides is 1. The van der Waals surface area contributed by atoms with E-state index in [1.807, 2.05) is 0 Å². The smallest absolute Gasteiger partial charge is 0.255 e. The van der Waals surface area contributed by atoms with Crippen LogP contribution in [-0.4, -0.2) is 75.6 Å². The molecule has 176 valence electrons. The lowest BCUT2D eigenvalue weighted by molar-refractivity contribution is -0.153. The standard InChI is InChI=1S/C23H26N2O8/c1-25(2)17-12-7-10-6-11-9(8-33-3)4-5-13(26)15(11)18(27)14(10)20(29)23(12,32)21(30)16(19(17)28)22(24)31/h4-5,10,12,17,26-27,30,32H,6-8H2,1-3H3,(H2,24,31)/t10-,12-,17+,23-/m0/s1. The first kappa shape index (κ1) is 23.0. The van der Waals surface area contributed by atoms with Crippen molar-refractivity contribution < 1.29 is 39.5 Å². The number of amides is 1. The molecule has 4 rings (SSSR count). The van der Waals surface area contributed by atoms with Gasteiger partial charge >= 0.3 is 0 Å². The molecular formula is C23H26N2O8. The molecule has 10 nitrogen and oxygen atoms in total. The minimum atomic E-state index is -2.63. The zero-order valence-corrected chi connectivity index (χ0v) is 18.5. The van der Waals surface area contributed by atoms with Crippen molar-refractivity contribution in [1.29, 1.82) is 0 Å². The first-order valence-corrected chi connectivity index (χ1v) is 10.4. The fourth-order valence-corrected chi connectivity index (χ4v) is 5.60. The highest BCUT2D eigenvalue weighted by Crippen LogP contribution is 2.52. The summed E-state index contributed by atoms with van der Waals surface area (Å²) in [4.78, 5) is 40.1. The molecule has 0 unspecified atom stereocenters. The molecule has 1 fully saturated rings. The summed E-state index contributed by atoms with van der Waals surface area (Å²) in [5.41, 5.74) is 3.03. The molecule has 10 heteroatoms. The van der Waals surface area contributed by atoms with E-state index in [2.05, 4.69) is 0 Å². The van der Waals surface area contributed by atoms with Crippen molar-refractivity contribution in [3.8, 4) is 5.75 Å². The molecule has 0 saturated heterocycles. The van der Waals surface area contributed by atoms with E-state index >= 15 is 0 Å². The van der Waals surface area contributed by atoms with Crippen molar-refractivity contribution in [2.24, 2.45) is 17.6 Å². The summed E-state index contributed by atoms with van der Waals surface area (Å²) in [6.07, 6.45) is 0.287. The lowest BCUT2D eigenvalue weighted by Crippen LogP contribution is -2.65. The fourth-order valence-electron chi connectivity index (χ4n) is 5.60. The number of benzene rings is 1. The van der Waals surface area contributed by atoms with Crippen molar-refractivity contribution in [3.05, 3.63) is 45.7 Å². The average molecular weight is 458 g/mol. The van der Waals surface area contributed by atoms with E-state index in [9.17, 15) is 34.8 Å². The number of aliphatic hydroxyl groups is 3. The second kappa shape index (κ2) is 7.68. The number of aliphatic hydroxyl groups excluding tert-OH is 2. The molecule has 3 aliphatic carbocycles. The highest BCUT2D eigenvalue weighted by molar-refractivity contribution is 6.24.